The molecule has 0 radical (unpaired) electrons. The average molecular weight is 473 g/mol. The van der Waals surface area contributed by atoms with Gasteiger partial charge >= 0.3 is 143 Å². The SMILES string of the molecule is N#Cc1cc(-c2cc3cc(Br)cc(Br)c3oc2=O)[se]c1N. The van der Waals surface area contributed by atoms with E-state index in [-0.39, 0.29) is 14.5 Å². The second-order valence-corrected chi connectivity index (χ2v) is 8.30. The number of anilines is 1. The van der Waals surface area contributed by atoms with Gasteiger partial charge in [0.25, 0.3) is 0 Å². The van der Waals surface area contributed by atoms with Crippen LogP contribution in [0.3, 0.4) is 0 Å². The van der Waals surface area contributed by atoms with Gasteiger partial charge in [-0.25, -0.2) is 0 Å². The molecule has 2 N–H and O–H groups in total. The van der Waals surface area contributed by atoms with E-state index in [9.17, 15) is 4.79 Å². The molecule has 4 nitrogen and oxygen atoms in total. The first-order valence-electron chi connectivity index (χ1n) is 5.72. The molecule has 0 bridgehead atoms. The van der Waals surface area contributed by atoms with Crippen LogP contribution in [0.4, 0.5) is 4.56 Å². The topological polar surface area (TPSA) is 80.0 Å². The summed E-state index contributed by atoms with van der Waals surface area (Å²) in [5, 5.41) is 9.78. The average Bonchev–Trinajstić information content (AvgIpc) is 2.80. The van der Waals surface area contributed by atoms with Gasteiger partial charge in [0.05, 0.1) is 0 Å². The van der Waals surface area contributed by atoms with Gasteiger partial charge in [-0.15, -0.1) is 0 Å². The monoisotopic (exact) mass is 472 g/mol. The zero-order valence-corrected chi connectivity index (χ0v) is 15.2. The van der Waals surface area contributed by atoms with Crippen LogP contribution in [0.25, 0.3) is 21.0 Å². The number of nitrogen functional groups attached to an aromatic ring is 1. The van der Waals surface area contributed by atoms with Crippen LogP contribution >= 0.6 is 31.9 Å². The van der Waals surface area contributed by atoms with E-state index >= 15 is 0 Å². The number of halogens is 2. The molecule has 0 aliphatic carbocycles. The Labute approximate surface area is 142 Å². The van der Waals surface area contributed by atoms with Gasteiger partial charge in [-0.3, -0.25) is 0 Å². The molecule has 0 aliphatic rings. The Hall–Kier alpha value is -1.32. The molecule has 0 saturated carbocycles. The fourth-order valence-corrected chi connectivity index (χ4v) is 5.14. The van der Waals surface area contributed by atoms with Crippen LogP contribution in [0.15, 0.2) is 42.4 Å². The van der Waals surface area contributed by atoms with Crippen molar-refractivity contribution in [1.29, 1.82) is 5.26 Å². The summed E-state index contributed by atoms with van der Waals surface area (Å²) in [4.78, 5) is 12.2. The first-order chi connectivity index (χ1) is 9.99. The molecule has 3 aromatic rings. The molecule has 0 atom stereocenters. The minimum atomic E-state index is -0.425. The minimum absolute atomic E-state index is 0.226. The predicted molar refractivity (Wildman–Crippen MR) is 89.4 cm³/mol. The summed E-state index contributed by atoms with van der Waals surface area (Å²) in [5.74, 6) is 0. The van der Waals surface area contributed by atoms with E-state index in [0.29, 0.717) is 25.7 Å². The summed E-state index contributed by atoms with van der Waals surface area (Å²) in [7, 11) is 0. The van der Waals surface area contributed by atoms with Gasteiger partial charge < -0.3 is 0 Å². The van der Waals surface area contributed by atoms with Crippen molar-refractivity contribution in [3.05, 3.63) is 49.2 Å². The summed E-state index contributed by atoms with van der Waals surface area (Å²) in [6, 6.07) is 9.17. The molecule has 2 heterocycles. The third-order valence-corrected chi connectivity index (χ3v) is 6.04. The number of rotatable bonds is 1. The van der Waals surface area contributed by atoms with Crippen molar-refractivity contribution in [3.63, 3.8) is 0 Å². The van der Waals surface area contributed by atoms with Crippen molar-refractivity contribution in [1.82, 2.24) is 0 Å². The van der Waals surface area contributed by atoms with E-state index in [4.69, 9.17) is 15.4 Å². The van der Waals surface area contributed by atoms with E-state index in [2.05, 4.69) is 31.9 Å². The summed E-state index contributed by atoms with van der Waals surface area (Å²) < 4.78 is 8.29. The van der Waals surface area contributed by atoms with Gasteiger partial charge in [-0.2, -0.15) is 0 Å². The standard InChI is InChI=1S/C14H6Br2N2O2Se/c15-8-1-6-2-9(11-3-7(5-17)13(18)21-11)14(19)20-12(6)10(16)4-8/h1-4H,18H2. The van der Waals surface area contributed by atoms with Crippen LogP contribution in [0, 0.1) is 11.3 Å². The number of hydrogen-bond acceptors (Lipinski definition) is 4. The van der Waals surface area contributed by atoms with Crippen LogP contribution in [-0.2, 0) is 0 Å². The Morgan fingerprint density at radius 1 is 1.24 bits per heavy atom. The number of fused-ring (bicyclic) bond motifs is 1. The Bertz CT molecular complexity index is 969. The molecule has 7 heteroatoms. The molecular weight excluding hydrogens is 467 g/mol. The molecule has 21 heavy (non-hydrogen) atoms. The van der Waals surface area contributed by atoms with E-state index in [1.165, 1.54) is 0 Å². The van der Waals surface area contributed by atoms with Crippen molar-refractivity contribution in [2.24, 2.45) is 0 Å². The molecule has 0 fully saturated rings. The second kappa shape index (κ2) is 5.47. The first-order valence-corrected chi connectivity index (χ1v) is 9.02. The molecule has 0 amide bonds. The van der Waals surface area contributed by atoms with Crippen LogP contribution in [0.5, 0.6) is 0 Å². The van der Waals surface area contributed by atoms with Gasteiger partial charge in [0.15, 0.2) is 0 Å². The molecule has 3 rings (SSSR count). The molecular formula is C14H6Br2N2O2Se. The molecule has 0 spiro atoms. The predicted octanol–water partition coefficient (Wildman–Crippen LogP) is 3.50. The summed E-state index contributed by atoms with van der Waals surface area (Å²) >= 11 is 6.56. The van der Waals surface area contributed by atoms with E-state index in [1.807, 2.05) is 18.2 Å². The van der Waals surface area contributed by atoms with Gasteiger partial charge in [0.2, 0.25) is 0 Å². The van der Waals surface area contributed by atoms with Crippen molar-refractivity contribution in [3.8, 4) is 16.1 Å². The van der Waals surface area contributed by atoms with Crippen molar-refractivity contribution >= 4 is 61.9 Å². The van der Waals surface area contributed by atoms with Gasteiger partial charge in [-0.05, 0) is 0 Å². The maximum absolute atomic E-state index is 12.2. The molecule has 1 aromatic carbocycles. The van der Waals surface area contributed by atoms with Gasteiger partial charge in [0, 0.05) is 0 Å². The maximum atomic E-state index is 12.2. The van der Waals surface area contributed by atoms with E-state index in [1.54, 1.807) is 12.1 Å². The first kappa shape index (κ1) is 14.6. The second-order valence-electron chi connectivity index (χ2n) is 4.25. The van der Waals surface area contributed by atoms with Gasteiger partial charge in [0.1, 0.15) is 0 Å². The molecule has 0 aliphatic heterocycles. The zero-order chi connectivity index (χ0) is 15.1. The zero-order valence-electron chi connectivity index (χ0n) is 10.3. The summed E-state index contributed by atoms with van der Waals surface area (Å²) in [6.45, 7) is 0. The fourth-order valence-electron chi connectivity index (χ4n) is 1.95. The van der Waals surface area contributed by atoms with Crippen LogP contribution in [-0.4, -0.2) is 14.5 Å². The van der Waals surface area contributed by atoms with Crippen LogP contribution < -0.4 is 11.4 Å². The number of nitriles is 1. The quantitative estimate of drug-likeness (QED) is 0.434. The Balaban J connectivity index is 2.30. The van der Waals surface area contributed by atoms with E-state index < -0.39 is 5.63 Å². The Morgan fingerprint density at radius 3 is 2.67 bits per heavy atom. The summed E-state index contributed by atoms with van der Waals surface area (Å²) in [5.41, 5.74) is 6.78. The summed E-state index contributed by atoms with van der Waals surface area (Å²) in [6.07, 6.45) is 0. The van der Waals surface area contributed by atoms with Crippen molar-refractivity contribution < 1.29 is 4.42 Å². The Morgan fingerprint density at radius 2 is 2.00 bits per heavy atom. The normalized spacial score (nSPS) is 10.7. The molecule has 0 unspecified atom stereocenters. The third-order valence-electron chi connectivity index (χ3n) is 2.90. The number of hydrogen-bond donors (Lipinski definition) is 1. The number of benzene rings is 1. The number of nitrogens with zero attached hydrogens (tertiary/aromatic N) is 1. The van der Waals surface area contributed by atoms with Crippen LogP contribution in [0.1, 0.15) is 5.56 Å². The van der Waals surface area contributed by atoms with Crippen molar-refractivity contribution in [2.45, 2.75) is 0 Å². The Kier molecular flexibility index (Phi) is 3.80. The third kappa shape index (κ3) is 2.60. The van der Waals surface area contributed by atoms with Crippen LogP contribution in [0.2, 0.25) is 0 Å². The van der Waals surface area contributed by atoms with Gasteiger partial charge in [-0.1, -0.05) is 0 Å². The molecule has 104 valence electrons. The molecule has 0 saturated heterocycles. The van der Waals surface area contributed by atoms with E-state index in [0.717, 1.165) is 14.3 Å². The number of nitrogens with two attached hydrogens (primary N) is 1. The fraction of sp³-hybridized carbons (Fsp3) is 0. The van der Waals surface area contributed by atoms with Crippen molar-refractivity contribution in [2.75, 3.05) is 5.73 Å². The molecule has 2 aromatic heterocycles.